The SMILES string of the molecule is O=C(NO)c1ccc2c(c1)OC[C@H](c1ccccc1)N(C(=O)Nc1cccnc1)C2. The number of pyridine rings is 1. The van der Waals surface area contributed by atoms with Crippen LogP contribution in [0.2, 0.25) is 0 Å². The van der Waals surface area contributed by atoms with Crippen molar-refractivity contribution in [2.75, 3.05) is 11.9 Å². The summed E-state index contributed by atoms with van der Waals surface area (Å²) in [5, 5.41) is 11.8. The van der Waals surface area contributed by atoms with E-state index >= 15 is 0 Å². The number of carbonyl (C=O) groups is 2. The van der Waals surface area contributed by atoms with Crippen LogP contribution in [-0.4, -0.2) is 33.6 Å². The molecule has 0 radical (unpaired) electrons. The fourth-order valence-corrected chi connectivity index (χ4v) is 3.37. The first-order valence-electron chi connectivity index (χ1n) is 9.38. The van der Waals surface area contributed by atoms with Gasteiger partial charge < -0.3 is 15.0 Å². The molecule has 0 aliphatic carbocycles. The minimum absolute atomic E-state index is 0.210. The Hall–Kier alpha value is -3.91. The summed E-state index contributed by atoms with van der Waals surface area (Å²) in [6.45, 7) is 0.490. The number of carbonyl (C=O) groups excluding carboxylic acids is 2. The van der Waals surface area contributed by atoms with Crippen LogP contribution in [0.5, 0.6) is 5.75 Å². The van der Waals surface area contributed by atoms with Gasteiger partial charge in [0.05, 0.1) is 24.5 Å². The molecule has 2 heterocycles. The Labute approximate surface area is 173 Å². The topological polar surface area (TPSA) is 104 Å². The highest BCUT2D eigenvalue weighted by atomic mass is 16.5. The second kappa shape index (κ2) is 8.62. The Balaban J connectivity index is 1.67. The van der Waals surface area contributed by atoms with Crippen LogP contribution in [0.15, 0.2) is 73.1 Å². The molecule has 8 heteroatoms. The molecule has 0 unspecified atom stereocenters. The molecule has 1 aromatic heterocycles. The maximum atomic E-state index is 13.2. The van der Waals surface area contributed by atoms with Gasteiger partial charge in [-0.3, -0.25) is 15.0 Å². The van der Waals surface area contributed by atoms with Crippen LogP contribution in [0.3, 0.4) is 0 Å². The van der Waals surface area contributed by atoms with Gasteiger partial charge in [-0.25, -0.2) is 10.3 Å². The summed E-state index contributed by atoms with van der Waals surface area (Å²) in [6.07, 6.45) is 3.22. The van der Waals surface area contributed by atoms with Gasteiger partial charge in [0, 0.05) is 17.3 Å². The number of hydrogen-bond acceptors (Lipinski definition) is 5. The van der Waals surface area contributed by atoms with Crippen molar-refractivity contribution >= 4 is 17.6 Å². The molecule has 30 heavy (non-hydrogen) atoms. The van der Waals surface area contributed by atoms with E-state index in [1.54, 1.807) is 53.1 Å². The molecule has 0 fully saturated rings. The van der Waals surface area contributed by atoms with Gasteiger partial charge in [0.1, 0.15) is 12.4 Å². The molecule has 3 N–H and O–H groups in total. The van der Waals surface area contributed by atoms with E-state index in [9.17, 15) is 9.59 Å². The number of rotatable bonds is 3. The second-order valence-corrected chi connectivity index (χ2v) is 6.80. The highest BCUT2D eigenvalue weighted by molar-refractivity contribution is 5.94. The van der Waals surface area contributed by atoms with Crippen LogP contribution >= 0.6 is 0 Å². The maximum Gasteiger partial charge on any atom is 0.322 e. The van der Waals surface area contributed by atoms with Gasteiger partial charge in [0.15, 0.2) is 0 Å². The van der Waals surface area contributed by atoms with Crippen molar-refractivity contribution in [2.24, 2.45) is 0 Å². The van der Waals surface area contributed by atoms with Gasteiger partial charge in [-0.2, -0.15) is 0 Å². The quantitative estimate of drug-likeness (QED) is 0.459. The number of hydroxylamine groups is 1. The van der Waals surface area contributed by atoms with Crippen molar-refractivity contribution < 1.29 is 19.5 Å². The number of amides is 3. The molecule has 3 amide bonds. The molecule has 8 nitrogen and oxygen atoms in total. The summed E-state index contributed by atoms with van der Waals surface area (Å²) in [6, 6.07) is 17.4. The van der Waals surface area contributed by atoms with Gasteiger partial charge in [0.2, 0.25) is 0 Å². The van der Waals surface area contributed by atoms with Gasteiger partial charge in [0.25, 0.3) is 5.91 Å². The zero-order chi connectivity index (χ0) is 20.9. The van der Waals surface area contributed by atoms with Crippen molar-refractivity contribution in [3.8, 4) is 5.75 Å². The number of fused-ring (bicyclic) bond motifs is 1. The number of nitrogens with zero attached hydrogens (tertiary/aromatic N) is 2. The van der Waals surface area contributed by atoms with E-state index in [1.807, 2.05) is 30.3 Å². The Morgan fingerprint density at radius 3 is 2.67 bits per heavy atom. The minimum Gasteiger partial charge on any atom is -0.491 e. The van der Waals surface area contributed by atoms with Gasteiger partial charge >= 0.3 is 6.03 Å². The van der Waals surface area contributed by atoms with E-state index in [1.165, 1.54) is 0 Å². The van der Waals surface area contributed by atoms with Crippen LogP contribution in [0.4, 0.5) is 10.5 Å². The second-order valence-electron chi connectivity index (χ2n) is 6.80. The Morgan fingerprint density at radius 2 is 1.93 bits per heavy atom. The van der Waals surface area contributed by atoms with Crippen molar-refractivity contribution in [1.82, 2.24) is 15.4 Å². The lowest BCUT2D eigenvalue weighted by atomic mass is 10.1. The molecule has 152 valence electrons. The number of aromatic nitrogens is 1. The van der Waals surface area contributed by atoms with Gasteiger partial charge in [-0.15, -0.1) is 0 Å². The molecule has 0 spiro atoms. The van der Waals surface area contributed by atoms with Crippen molar-refractivity contribution in [1.29, 1.82) is 0 Å². The maximum absolute atomic E-state index is 13.2. The number of benzene rings is 2. The average Bonchev–Trinajstić information content (AvgIpc) is 2.99. The molecule has 0 saturated carbocycles. The van der Waals surface area contributed by atoms with Crippen LogP contribution in [0.25, 0.3) is 0 Å². The van der Waals surface area contributed by atoms with Crippen LogP contribution in [0.1, 0.15) is 27.5 Å². The van der Waals surface area contributed by atoms with E-state index in [0.717, 1.165) is 11.1 Å². The molecule has 3 aromatic rings. The van der Waals surface area contributed by atoms with E-state index in [4.69, 9.17) is 9.94 Å². The number of anilines is 1. The minimum atomic E-state index is -0.628. The summed E-state index contributed by atoms with van der Waals surface area (Å²) < 4.78 is 5.99. The molecule has 1 aliphatic heterocycles. The van der Waals surface area contributed by atoms with Crippen LogP contribution in [0, 0.1) is 0 Å². The van der Waals surface area contributed by atoms with Crippen LogP contribution < -0.4 is 15.5 Å². The highest BCUT2D eigenvalue weighted by Gasteiger charge is 2.30. The fraction of sp³-hybridized carbons (Fsp3) is 0.136. The van der Waals surface area contributed by atoms with E-state index < -0.39 is 5.91 Å². The first-order chi connectivity index (χ1) is 14.7. The Bertz CT molecular complexity index is 1040. The van der Waals surface area contributed by atoms with E-state index in [2.05, 4.69) is 10.3 Å². The lowest BCUT2D eigenvalue weighted by Gasteiger charge is -2.29. The number of urea groups is 1. The lowest BCUT2D eigenvalue weighted by molar-refractivity contribution is 0.0706. The fourth-order valence-electron chi connectivity index (χ4n) is 3.37. The molecule has 0 saturated heterocycles. The lowest BCUT2D eigenvalue weighted by Crippen LogP contribution is -2.38. The first kappa shape index (κ1) is 19.4. The summed E-state index contributed by atoms with van der Waals surface area (Å²) >= 11 is 0. The zero-order valence-electron chi connectivity index (χ0n) is 16.0. The molecule has 0 bridgehead atoms. The number of nitrogens with one attached hydrogen (secondary N) is 2. The Kier molecular flexibility index (Phi) is 5.58. The van der Waals surface area contributed by atoms with E-state index in [-0.39, 0.29) is 30.8 Å². The van der Waals surface area contributed by atoms with Crippen molar-refractivity contribution in [3.63, 3.8) is 0 Å². The standard InChI is InChI=1S/C22H20N4O4/c27-21(25-29)16-8-9-17-13-26(22(28)24-18-7-4-10-23-12-18)19(14-30-20(17)11-16)15-5-2-1-3-6-15/h1-12,19,29H,13-14H2,(H,24,28)(H,25,27)/t19-/m1/s1. The summed E-state index contributed by atoms with van der Waals surface area (Å²) in [5.74, 6) is -0.134. The summed E-state index contributed by atoms with van der Waals surface area (Å²) in [5.41, 5.74) is 4.16. The highest BCUT2D eigenvalue weighted by Crippen LogP contribution is 2.32. The van der Waals surface area contributed by atoms with Gasteiger partial charge in [-0.05, 0) is 29.8 Å². The Morgan fingerprint density at radius 1 is 1.10 bits per heavy atom. The molecule has 2 aromatic carbocycles. The van der Waals surface area contributed by atoms with Crippen molar-refractivity contribution in [3.05, 3.63) is 89.7 Å². The van der Waals surface area contributed by atoms with E-state index in [0.29, 0.717) is 11.4 Å². The average molecular weight is 404 g/mol. The van der Waals surface area contributed by atoms with Crippen molar-refractivity contribution in [2.45, 2.75) is 12.6 Å². The predicted octanol–water partition coefficient (Wildman–Crippen LogP) is 3.37. The first-order valence-corrected chi connectivity index (χ1v) is 9.38. The summed E-state index contributed by atoms with van der Waals surface area (Å²) in [7, 11) is 0. The molecular formula is C22H20N4O4. The predicted molar refractivity (Wildman–Crippen MR) is 109 cm³/mol. The molecule has 4 rings (SSSR count). The molecule has 1 atom stereocenters. The normalized spacial score (nSPS) is 15.4. The number of hydrogen-bond donors (Lipinski definition) is 3. The van der Waals surface area contributed by atoms with Gasteiger partial charge in [-0.1, -0.05) is 36.4 Å². The van der Waals surface area contributed by atoms with Crippen LogP contribution in [-0.2, 0) is 6.54 Å². The molecule has 1 aliphatic rings. The third-order valence-electron chi connectivity index (χ3n) is 4.90. The third-order valence-corrected chi connectivity index (χ3v) is 4.90. The largest absolute Gasteiger partial charge is 0.491 e. The smallest absolute Gasteiger partial charge is 0.322 e. The third kappa shape index (κ3) is 4.08. The monoisotopic (exact) mass is 404 g/mol. The molecular weight excluding hydrogens is 384 g/mol. The number of ether oxygens (including phenoxy) is 1. The summed E-state index contributed by atoms with van der Waals surface area (Å²) in [4.78, 5) is 30.6. The zero-order valence-corrected chi connectivity index (χ0v) is 16.0.